The second kappa shape index (κ2) is 6.42. The molecule has 3 heteroatoms. The summed E-state index contributed by atoms with van der Waals surface area (Å²) < 4.78 is 5.62. The summed E-state index contributed by atoms with van der Waals surface area (Å²) in [5, 5.41) is 17.9. The fraction of sp³-hybridized carbons (Fsp3) is 0.533. The lowest BCUT2D eigenvalue weighted by Gasteiger charge is -2.17. The van der Waals surface area contributed by atoms with Crippen molar-refractivity contribution in [2.75, 3.05) is 6.61 Å². The van der Waals surface area contributed by atoms with Gasteiger partial charge in [0.25, 0.3) is 0 Å². The highest BCUT2D eigenvalue weighted by molar-refractivity contribution is 5.37. The molecule has 0 radical (unpaired) electrons. The van der Waals surface area contributed by atoms with Crippen LogP contribution in [-0.2, 0) is 12.8 Å². The molecule has 18 heavy (non-hydrogen) atoms. The molecule has 0 fully saturated rings. The van der Waals surface area contributed by atoms with Crippen molar-refractivity contribution in [3.8, 4) is 11.8 Å². The number of aliphatic hydroxyl groups excluding tert-OH is 1. The van der Waals surface area contributed by atoms with E-state index in [-0.39, 0.29) is 6.42 Å². The summed E-state index contributed by atoms with van der Waals surface area (Å²) in [6, 6.07) is 8.22. The van der Waals surface area contributed by atoms with Crippen molar-refractivity contribution in [1.29, 1.82) is 5.26 Å². The summed E-state index contributed by atoms with van der Waals surface area (Å²) in [5.74, 6) is 0.875. The summed E-state index contributed by atoms with van der Waals surface area (Å²) in [6.45, 7) is 0.460. The van der Waals surface area contributed by atoms with E-state index >= 15 is 0 Å². The largest absolute Gasteiger partial charge is 0.493 e. The number of nitrogens with zero attached hydrogens (tertiary/aromatic N) is 1. The molecule has 1 aliphatic carbocycles. The molecule has 0 aliphatic heterocycles. The van der Waals surface area contributed by atoms with Crippen molar-refractivity contribution in [3.05, 3.63) is 29.3 Å². The molecule has 1 aliphatic rings. The Bertz CT molecular complexity index is 437. The fourth-order valence-corrected chi connectivity index (χ4v) is 2.32. The zero-order valence-corrected chi connectivity index (χ0v) is 10.6. The van der Waals surface area contributed by atoms with Crippen molar-refractivity contribution in [2.45, 2.75) is 44.6 Å². The molecule has 1 N–H and O–H groups in total. The van der Waals surface area contributed by atoms with E-state index in [0.29, 0.717) is 13.0 Å². The first-order valence-corrected chi connectivity index (χ1v) is 6.59. The van der Waals surface area contributed by atoms with E-state index in [4.69, 9.17) is 10.00 Å². The third-order valence-corrected chi connectivity index (χ3v) is 3.37. The quantitative estimate of drug-likeness (QED) is 0.867. The maximum absolute atomic E-state index is 9.42. The Morgan fingerprint density at radius 2 is 2.06 bits per heavy atom. The van der Waals surface area contributed by atoms with E-state index in [1.54, 1.807) is 0 Å². The zero-order valence-electron chi connectivity index (χ0n) is 10.6. The zero-order chi connectivity index (χ0) is 12.8. The third-order valence-electron chi connectivity index (χ3n) is 3.37. The van der Waals surface area contributed by atoms with Gasteiger partial charge in [-0.2, -0.15) is 5.26 Å². The van der Waals surface area contributed by atoms with E-state index in [2.05, 4.69) is 12.1 Å². The molecule has 96 valence electrons. The molecule has 2 rings (SSSR count). The van der Waals surface area contributed by atoms with Crippen molar-refractivity contribution in [2.24, 2.45) is 0 Å². The van der Waals surface area contributed by atoms with Gasteiger partial charge in [-0.05, 0) is 48.9 Å². The molecule has 0 amide bonds. The minimum Gasteiger partial charge on any atom is -0.493 e. The van der Waals surface area contributed by atoms with Gasteiger partial charge in [-0.3, -0.25) is 0 Å². The van der Waals surface area contributed by atoms with Crippen molar-refractivity contribution in [3.63, 3.8) is 0 Å². The number of aryl methyl sites for hydroxylation is 2. The predicted octanol–water partition coefficient (Wildman–Crippen LogP) is 2.61. The van der Waals surface area contributed by atoms with E-state index in [0.717, 1.165) is 12.2 Å². The first kappa shape index (κ1) is 12.9. The van der Waals surface area contributed by atoms with Gasteiger partial charge in [0, 0.05) is 6.42 Å². The molecular weight excluding hydrogens is 226 g/mol. The van der Waals surface area contributed by atoms with Crippen LogP contribution in [0, 0.1) is 11.3 Å². The van der Waals surface area contributed by atoms with Crippen molar-refractivity contribution in [1.82, 2.24) is 0 Å². The third kappa shape index (κ3) is 3.48. The molecule has 1 atom stereocenters. The van der Waals surface area contributed by atoms with Crippen LogP contribution < -0.4 is 4.74 Å². The lowest BCUT2D eigenvalue weighted by atomic mass is 9.92. The molecule has 3 nitrogen and oxygen atoms in total. The Hall–Kier alpha value is -1.53. The number of aliphatic hydroxyl groups is 1. The molecule has 1 aromatic carbocycles. The highest BCUT2D eigenvalue weighted by Gasteiger charge is 2.10. The van der Waals surface area contributed by atoms with Gasteiger partial charge < -0.3 is 9.84 Å². The van der Waals surface area contributed by atoms with Gasteiger partial charge in [-0.15, -0.1) is 0 Å². The van der Waals surface area contributed by atoms with Crippen LogP contribution in [0.15, 0.2) is 18.2 Å². The Morgan fingerprint density at radius 1 is 1.28 bits per heavy atom. The Balaban J connectivity index is 1.85. The number of hydrogen-bond donors (Lipinski definition) is 1. The Labute approximate surface area is 108 Å². The van der Waals surface area contributed by atoms with Crippen molar-refractivity contribution >= 4 is 0 Å². The van der Waals surface area contributed by atoms with Gasteiger partial charge in [-0.25, -0.2) is 0 Å². The Kier molecular flexibility index (Phi) is 4.60. The molecule has 1 unspecified atom stereocenters. The van der Waals surface area contributed by atoms with Gasteiger partial charge in [0.15, 0.2) is 0 Å². The SMILES string of the molecule is N#CCC(O)CCOc1ccc2c(c1)CCCC2. The minimum absolute atomic E-state index is 0.174. The van der Waals surface area contributed by atoms with E-state index < -0.39 is 6.10 Å². The lowest BCUT2D eigenvalue weighted by Crippen LogP contribution is -2.11. The molecule has 0 aromatic heterocycles. The molecule has 1 aromatic rings. The topological polar surface area (TPSA) is 53.2 Å². The van der Waals surface area contributed by atoms with Crippen LogP contribution in [-0.4, -0.2) is 17.8 Å². The molecule has 0 spiro atoms. The highest BCUT2D eigenvalue weighted by atomic mass is 16.5. The van der Waals surface area contributed by atoms with Crippen molar-refractivity contribution < 1.29 is 9.84 Å². The predicted molar refractivity (Wildman–Crippen MR) is 69.4 cm³/mol. The number of hydrogen-bond acceptors (Lipinski definition) is 3. The first-order valence-electron chi connectivity index (χ1n) is 6.59. The standard InChI is InChI=1S/C15H19NO2/c16-9-7-14(17)8-10-18-15-6-5-12-3-1-2-4-13(12)11-15/h5-6,11,14,17H,1-4,7-8,10H2. The summed E-state index contributed by atoms with van der Waals surface area (Å²) in [4.78, 5) is 0. The summed E-state index contributed by atoms with van der Waals surface area (Å²) >= 11 is 0. The van der Waals surface area contributed by atoms with E-state index in [1.807, 2.05) is 12.1 Å². The second-order valence-corrected chi connectivity index (χ2v) is 4.79. The number of nitriles is 1. The van der Waals surface area contributed by atoms with Crippen LogP contribution in [0.2, 0.25) is 0 Å². The average molecular weight is 245 g/mol. The second-order valence-electron chi connectivity index (χ2n) is 4.79. The van der Waals surface area contributed by atoms with Crippen LogP contribution >= 0.6 is 0 Å². The van der Waals surface area contributed by atoms with Gasteiger partial charge in [0.05, 0.1) is 25.2 Å². The van der Waals surface area contributed by atoms with Crippen LogP contribution in [0.4, 0.5) is 0 Å². The number of fused-ring (bicyclic) bond motifs is 1. The molecule has 0 saturated heterocycles. The number of rotatable bonds is 5. The Morgan fingerprint density at radius 3 is 2.83 bits per heavy atom. The van der Waals surface area contributed by atoms with Gasteiger partial charge in [0.2, 0.25) is 0 Å². The highest BCUT2D eigenvalue weighted by Crippen LogP contribution is 2.25. The molecular formula is C15H19NO2. The van der Waals surface area contributed by atoms with Crippen LogP contribution in [0.3, 0.4) is 0 Å². The summed E-state index contributed by atoms with van der Waals surface area (Å²) in [7, 11) is 0. The maximum Gasteiger partial charge on any atom is 0.119 e. The normalized spacial score (nSPS) is 15.6. The average Bonchev–Trinajstić information content (AvgIpc) is 2.39. The summed E-state index contributed by atoms with van der Waals surface area (Å²) in [5.41, 5.74) is 2.84. The lowest BCUT2D eigenvalue weighted by molar-refractivity contribution is 0.143. The first-order chi connectivity index (χ1) is 8.79. The summed E-state index contributed by atoms with van der Waals surface area (Å²) in [6.07, 6.45) is 4.97. The van der Waals surface area contributed by atoms with Crippen LogP contribution in [0.1, 0.15) is 36.8 Å². The monoisotopic (exact) mass is 245 g/mol. The van der Waals surface area contributed by atoms with Crippen LogP contribution in [0.5, 0.6) is 5.75 Å². The van der Waals surface area contributed by atoms with E-state index in [9.17, 15) is 5.11 Å². The smallest absolute Gasteiger partial charge is 0.119 e. The van der Waals surface area contributed by atoms with Crippen LogP contribution in [0.25, 0.3) is 0 Å². The fourth-order valence-electron chi connectivity index (χ4n) is 2.32. The molecule has 0 saturated carbocycles. The van der Waals surface area contributed by atoms with Gasteiger partial charge in [-0.1, -0.05) is 6.07 Å². The van der Waals surface area contributed by atoms with Gasteiger partial charge >= 0.3 is 0 Å². The maximum atomic E-state index is 9.42. The van der Waals surface area contributed by atoms with Gasteiger partial charge in [0.1, 0.15) is 5.75 Å². The number of benzene rings is 1. The minimum atomic E-state index is -0.576. The van der Waals surface area contributed by atoms with E-state index in [1.165, 1.54) is 30.4 Å². The molecule has 0 bridgehead atoms. The molecule has 0 heterocycles. The number of ether oxygens (including phenoxy) is 1.